The van der Waals surface area contributed by atoms with Gasteiger partial charge in [-0.05, 0) is 17.7 Å². The minimum absolute atomic E-state index is 0.106. The highest BCUT2D eigenvalue weighted by Crippen LogP contribution is 2.37. The third kappa shape index (κ3) is 1.51. The number of fused-ring (bicyclic) bond motifs is 1. The Kier molecular flexibility index (Phi) is 1.89. The van der Waals surface area contributed by atoms with Crippen molar-refractivity contribution in [3.05, 3.63) is 28.8 Å². The zero-order valence-electron chi connectivity index (χ0n) is 7.35. The summed E-state index contributed by atoms with van der Waals surface area (Å²) in [6.45, 7) is -0.150. The molecule has 1 aromatic rings. The van der Waals surface area contributed by atoms with Crippen molar-refractivity contribution in [2.45, 2.75) is 12.7 Å². The number of aromatic hydroxyl groups is 1. The summed E-state index contributed by atoms with van der Waals surface area (Å²) in [6.07, 6.45) is -4.56. The first kappa shape index (κ1) is 9.82. The van der Waals surface area contributed by atoms with Gasteiger partial charge in [0.15, 0.2) is 0 Å². The zero-order valence-corrected chi connectivity index (χ0v) is 7.35. The Labute approximate surface area is 82.5 Å². The first-order valence-electron chi connectivity index (χ1n) is 4.11. The lowest BCUT2D eigenvalue weighted by molar-refractivity contribution is -0.138. The van der Waals surface area contributed by atoms with Crippen molar-refractivity contribution in [2.24, 2.45) is 0 Å². The minimum atomic E-state index is -4.56. The van der Waals surface area contributed by atoms with E-state index in [0.29, 0.717) is 6.07 Å². The molecule has 15 heavy (non-hydrogen) atoms. The van der Waals surface area contributed by atoms with Crippen LogP contribution in [0.1, 0.15) is 21.5 Å². The second-order valence-corrected chi connectivity index (χ2v) is 3.20. The van der Waals surface area contributed by atoms with Crippen LogP contribution in [0, 0.1) is 0 Å². The predicted octanol–water partition coefficient (Wildman–Crippen LogP) is 1.65. The molecule has 1 aliphatic rings. The predicted molar refractivity (Wildman–Crippen MR) is 44.3 cm³/mol. The Bertz CT molecular complexity index is 440. The molecule has 0 bridgehead atoms. The molecule has 0 saturated heterocycles. The number of phenols is 1. The van der Waals surface area contributed by atoms with Gasteiger partial charge in [0.25, 0.3) is 5.91 Å². The number of halogens is 3. The molecule has 0 unspecified atom stereocenters. The highest BCUT2D eigenvalue weighted by Gasteiger charge is 2.37. The van der Waals surface area contributed by atoms with E-state index in [1.54, 1.807) is 0 Å². The second kappa shape index (κ2) is 2.88. The molecule has 1 aliphatic heterocycles. The first-order valence-corrected chi connectivity index (χ1v) is 4.11. The van der Waals surface area contributed by atoms with E-state index in [1.807, 2.05) is 0 Å². The van der Waals surface area contributed by atoms with E-state index < -0.39 is 23.4 Å². The molecular formula is C9H6F3NO2. The molecule has 1 aromatic carbocycles. The van der Waals surface area contributed by atoms with E-state index in [4.69, 9.17) is 5.11 Å². The molecular weight excluding hydrogens is 211 g/mol. The molecule has 0 atom stereocenters. The maximum absolute atomic E-state index is 12.5. The fraction of sp³-hybridized carbons (Fsp3) is 0.222. The number of amides is 1. The third-order valence-corrected chi connectivity index (χ3v) is 2.21. The topological polar surface area (TPSA) is 49.3 Å². The summed E-state index contributed by atoms with van der Waals surface area (Å²) in [5.41, 5.74) is -1.18. The van der Waals surface area contributed by atoms with Crippen molar-refractivity contribution in [2.75, 3.05) is 0 Å². The van der Waals surface area contributed by atoms with Gasteiger partial charge in [-0.3, -0.25) is 4.79 Å². The largest absolute Gasteiger partial charge is 0.508 e. The number of alkyl halides is 3. The van der Waals surface area contributed by atoms with Gasteiger partial charge in [0.2, 0.25) is 0 Å². The summed E-state index contributed by atoms with van der Waals surface area (Å²) < 4.78 is 37.5. The normalized spacial score (nSPS) is 15.0. The maximum Gasteiger partial charge on any atom is 0.416 e. The maximum atomic E-state index is 12.5. The molecule has 6 heteroatoms. The lowest BCUT2D eigenvalue weighted by atomic mass is 10.0. The van der Waals surface area contributed by atoms with Gasteiger partial charge in [-0.1, -0.05) is 0 Å². The van der Waals surface area contributed by atoms with E-state index in [-0.39, 0.29) is 17.7 Å². The van der Waals surface area contributed by atoms with Crippen molar-refractivity contribution < 1.29 is 23.1 Å². The summed E-state index contributed by atoms with van der Waals surface area (Å²) >= 11 is 0. The van der Waals surface area contributed by atoms with Gasteiger partial charge in [-0.15, -0.1) is 0 Å². The van der Waals surface area contributed by atoms with Crippen LogP contribution in [-0.2, 0) is 12.7 Å². The Balaban J connectivity index is 2.67. The summed E-state index contributed by atoms with van der Waals surface area (Å²) in [5, 5.41) is 11.4. The highest BCUT2D eigenvalue weighted by atomic mass is 19.4. The summed E-state index contributed by atoms with van der Waals surface area (Å²) in [6, 6.07) is 1.66. The van der Waals surface area contributed by atoms with Crippen LogP contribution in [0.2, 0.25) is 0 Å². The van der Waals surface area contributed by atoms with E-state index in [0.717, 1.165) is 6.07 Å². The van der Waals surface area contributed by atoms with Crippen molar-refractivity contribution >= 4 is 5.91 Å². The number of nitrogens with one attached hydrogen (secondary N) is 1. The molecule has 0 aliphatic carbocycles. The van der Waals surface area contributed by atoms with Crippen LogP contribution in [0.5, 0.6) is 5.75 Å². The number of carbonyl (C=O) groups is 1. The zero-order chi connectivity index (χ0) is 11.2. The monoisotopic (exact) mass is 217 g/mol. The first-order chi connectivity index (χ1) is 6.89. The van der Waals surface area contributed by atoms with Gasteiger partial charge >= 0.3 is 6.18 Å². The van der Waals surface area contributed by atoms with Crippen molar-refractivity contribution in [3.63, 3.8) is 0 Å². The number of phenolic OH excluding ortho intramolecular Hbond substituents is 1. The third-order valence-electron chi connectivity index (χ3n) is 2.21. The van der Waals surface area contributed by atoms with Crippen LogP contribution in [0.3, 0.4) is 0 Å². The Morgan fingerprint density at radius 2 is 2.00 bits per heavy atom. The Hall–Kier alpha value is -1.72. The van der Waals surface area contributed by atoms with Crippen LogP contribution in [0.4, 0.5) is 13.2 Å². The highest BCUT2D eigenvalue weighted by molar-refractivity contribution is 5.99. The van der Waals surface area contributed by atoms with E-state index in [1.165, 1.54) is 0 Å². The summed E-state index contributed by atoms with van der Waals surface area (Å²) in [5.74, 6) is -1.15. The van der Waals surface area contributed by atoms with Crippen LogP contribution < -0.4 is 5.32 Å². The molecule has 0 fully saturated rings. The second-order valence-electron chi connectivity index (χ2n) is 3.20. The molecule has 1 heterocycles. The van der Waals surface area contributed by atoms with Gasteiger partial charge in [0.05, 0.1) is 5.56 Å². The molecule has 0 spiro atoms. The van der Waals surface area contributed by atoms with Crippen molar-refractivity contribution in [3.8, 4) is 5.75 Å². The molecule has 2 rings (SSSR count). The van der Waals surface area contributed by atoms with Gasteiger partial charge in [0, 0.05) is 12.1 Å². The lowest BCUT2D eigenvalue weighted by Gasteiger charge is -2.11. The fourth-order valence-electron chi connectivity index (χ4n) is 1.57. The standard InChI is InChI=1S/C9H6F3NO2/c10-9(11,12)7-2-4(14)1-5-6(7)3-13-8(5)15/h1-2,14H,3H2,(H,13,15). The van der Waals surface area contributed by atoms with Crippen molar-refractivity contribution in [1.82, 2.24) is 5.32 Å². The number of hydrogen-bond acceptors (Lipinski definition) is 2. The SMILES string of the molecule is O=C1NCc2c1cc(O)cc2C(F)(F)F. The van der Waals surface area contributed by atoms with Crippen LogP contribution in [0.15, 0.2) is 12.1 Å². The number of hydrogen-bond donors (Lipinski definition) is 2. The Morgan fingerprint density at radius 3 is 2.60 bits per heavy atom. The molecule has 0 aromatic heterocycles. The molecule has 1 amide bonds. The number of carbonyl (C=O) groups excluding carboxylic acids is 1. The van der Waals surface area contributed by atoms with Gasteiger partial charge in [-0.25, -0.2) is 0 Å². The quantitative estimate of drug-likeness (QED) is 0.694. The average Bonchev–Trinajstić information content (AvgIpc) is 2.45. The smallest absolute Gasteiger partial charge is 0.416 e. The summed E-state index contributed by atoms with van der Waals surface area (Å²) in [7, 11) is 0. The van der Waals surface area contributed by atoms with Crippen LogP contribution in [-0.4, -0.2) is 11.0 Å². The molecule has 0 saturated carbocycles. The minimum Gasteiger partial charge on any atom is -0.508 e. The van der Waals surface area contributed by atoms with Gasteiger partial charge < -0.3 is 10.4 Å². The average molecular weight is 217 g/mol. The Morgan fingerprint density at radius 1 is 1.33 bits per heavy atom. The number of rotatable bonds is 0. The van der Waals surface area contributed by atoms with Crippen molar-refractivity contribution in [1.29, 1.82) is 0 Å². The van der Waals surface area contributed by atoms with Crippen LogP contribution in [0.25, 0.3) is 0 Å². The fourth-order valence-corrected chi connectivity index (χ4v) is 1.57. The molecule has 80 valence electrons. The molecule has 2 N–H and O–H groups in total. The van der Waals surface area contributed by atoms with E-state index in [2.05, 4.69) is 5.32 Å². The van der Waals surface area contributed by atoms with E-state index >= 15 is 0 Å². The molecule has 0 radical (unpaired) electrons. The van der Waals surface area contributed by atoms with Gasteiger partial charge in [0.1, 0.15) is 5.75 Å². The number of benzene rings is 1. The molecule has 3 nitrogen and oxygen atoms in total. The van der Waals surface area contributed by atoms with E-state index in [9.17, 15) is 18.0 Å². The lowest BCUT2D eigenvalue weighted by Crippen LogP contribution is -2.12. The van der Waals surface area contributed by atoms with Crippen LogP contribution >= 0.6 is 0 Å². The van der Waals surface area contributed by atoms with Gasteiger partial charge in [-0.2, -0.15) is 13.2 Å². The summed E-state index contributed by atoms with van der Waals surface area (Å²) in [4.78, 5) is 11.1.